The summed E-state index contributed by atoms with van der Waals surface area (Å²) in [5, 5.41) is 19.8. The van der Waals surface area contributed by atoms with Gasteiger partial charge in [0.05, 0.1) is 32.2 Å². The van der Waals surface area contributed by atoms with Crippen LogP contribution in [0.1, 0.15) is 34.7 Å². The van der Waals surface area contributed by atoms with Gasteiger partial charge in [-0.15, -0.1) is 0 Å². The van der Waals surface area contributed by atoms with Crippen molar-refractivity contribution in [3.05, 3.63) is 23.3 Å². The Balaban J connectivity index is 1.22. The number of benzene rings is 1. The van der Waals surface area contributed by atoms with Gasteiger partial charge in [0.2, 0.25) is 5.91 Å². The number of nitrogens with zero attached hydrogens (tertiary/aromatic N) is 2. The summed E-state index contributed by atoms with van der Waals surface area (Å²) in [6, 6.07) is 3.49. The zero-order valence-electron chi connectivity index (χ0n) is 16.8. The highest BCUT2D eigenvalue weighted by atomic mass is 16.5. The van der Waals surface area contributed by atoms with E-state index in [-0.39, 0.29) is 46.9 Å². The van der Waals surface area contributed by atoms with Gasteiger partial charge < -0.3 is 34.1 Å². The molecule has 0 spiro atoms. The molecule has 1 aliphatic carbocycles. The lowest BCUT2D eigenvalue weighted by molar-refractivity contribution is -0.144. The Morgan fingerprint density at radius 3 is 2.83 bits per heavy atom. The van der Waals surface area contributed by atoms with Crippen LogP contribution in [0.15, 0.2) is 12.1 Å². The summed E-state index contributed by atoms with van der Waals surface area (Å²) >= 11 is 0. The summed E-state index contributed by atoms with van der Waals surface area (Å²) in [5.74, 6) is -0.526. The van der Waals surface area contributed by atoms with E-state index in [0.29, 0.717) is 26.1 Å². The van der Waals surface area contributed by atoms with E-state index in [9.17, 15) is 19.7 Å². The Labute approximate surface area is 174 Å². The van der Waals surface area contributed by atoms with E-state index in [4.69, 9.17) is 14.1 Å². The third-order valence-electron chi connectivity index (χ3n) is 6.45. The van der Waals surface area contributed by atoms with Gasteiger partial charge in [-0.3, -0.25) is 4.79 Å². The molecule has 3 heterocycles. The highest BCUT2D eigenvalue weighted by Crippen LogP contribution is 2.60. The third-order valence-corrected chi connectivity index (χ3v) is 6.45. The first-order valence-electron chi connectivity index (χ1n) is 10.4. The monoisotopic (exact) mass is 416 g/mol. The Hall–Kier alpha value is -2.30. The minimum atomic E-state index is -1.15. The number of fused-ring (bicyclic) bond motifs is 3. The van der Waals surface area contributed by atoms with E-state index < -0.39 is 13.1 Å². The normalized spacial score (nSPS) is 28.1. The Kier molecular flexibility index (Phi) is 4.87. The number of carbonyl (C=O) groups is 2. The highest BCUT2D eigenvalue weighted by molar-refractivity contribution is 6.48. The molecule has 2 saturated heterocycles. The Morgan fingerprint density at radius 2 is 2.10 bits per heavy atom. The van der Waals surface area contributed by atoms with Gasteiger partial charge in [0.1, 0.15) is 23.2 Å². The van der Waals surface area contributed by atoms with Crippen molar-refractivity contribution >= 4 is 19.0 Å². The summed E-state index contributed by atoms with van der Waals surface area (Å²) in [5.41, 5.74) is 0.762. The second kappa shape index (κ2) is 7.44. The SMILES string of the molecule is CN1CCOC(CC(=O)N2CC(Oc3ccc4c(c3C(=O)O)OB(O)C3CC43)C2)C1. The van der Waals surface area contributed by atoms with Gasteiger partial charge in [0.25, 0.3) is 0 Å². The second-order valence-corrected chi connectivity index (χ2v) is 8.67. The number of amides is 1. The molecule has 1 aromatic rings. The number of carbonyl (C=O) groups excluding carboxylic acids is 1. The number of likely N-dealkylation sites (N-methyl/N-ethyl adjacent to an activating group) is 1. The van der Waals surface area contributed by atoms with Crippen LogP contribution in [0.5, 0.6) is 11.5 Å². The molecule has 3 aliphatic heterocycles. The van der Waals surface area contributed by atoms with Gasteiger partial charge >= 0.3 is 13.1 Å². The third kappa shape index (κ3) is 3.53. The molecule has 1 aromatic carbocycles. The first kappa shape index (κ1) is 19.7. The highest BCUT2D eigenvalue weighted by Gasteiger charge is 2.54. The molecule has 3 atom stereocenters. The largest absolute Gasteiger partial charge is 0.535 e. The number of carboxylic acids is 1. The molecule has 2 N–H and O–H groups in total. The molecule has 9 nitrogen and oxygen atoms in total. The minimum Gasteiger partial charge on any atom is -0.535 e. The first-order valence-corrected chi connectivity index (χ1v) is 10.4. The smallest absolute Gasteiger partial charge is 0.526 e. The zero-order chi connectivity index (χ0) is 21.0. The van der Waals surface area contributed by atoms with Crippen molar-refractivity contribution in [2.75, 3.05) is 39.8 Å². The fourth-order valence-electron chi connectivity index (χ4n) is 4.61. The lowest BCUT2D eigenvalue weighted by atomic mass is 9.77. The summed E-state index contributed by atoms with van der Waals surface area (Å²) in [7, 11) is 1.03. The number of morpholine rings is 1. The average molecular weight is 416 g/mol. The first-order chi connectivity index (χ1) is 14.4. The van der Waals surface area contributed by atoms with Crippen LogP contribution in [-0.4, -0.2) is 91.0 Å². The zero-order valence-corrected chi connectivity index (χ0v) is 16.8. The van der Waals surface area contributed by atoms with Crippen LogP contribution >= 0.6 is 0 Å². The van der Waals surface area contributed by atoms with Crippen LogP contribution in [-0.2, 0) is 9.53 Å². The Morgan fingerprint density at radius 1 is 1.30 bits per heavy atom. The van der Waals surface area contributed by atoms with E-state index >= 15 is 0 Å². The maximum atomic E-state index is 12.5. The van der Waals surface area contributed by atoms with Crippen molar-refractivity contribution in [3.8, 4) is 11.5 Å². The predicted octanol–water partition coefficient (Wildman–Crippen LogP) is 0.425. The average Bonchev–Trinajstić information content (AvgIpc) is 3.45. The van der Waals surface area contributed by atoms with Crippen LogP contribution in [0.2, 0.25) is 5.82 Å². The van der Waals surface area contributed by atoms with Gasteiger partial charge in [0, 0.05) is 18.9 Å². The number of rotatable bonds is 5. The molecule has 3 unspecified atom stereocenters. The van der Waals surface area contributed by atoms with Crippen molar-refractivity contribution in [1.82, 2.24) is 9.80 Å². The van der Waals surface area contributed by atoms with Crippen LogP contribution in [0.25, 0.3) is 0 Å². The molecule has 4 aliphatic rings. The summed E-state index contributed by atoms with van der Waals surface area (Å²) < 4.78 is 17.1. The number of hydrogen-bond donors (Lipinski definition) is 2. The van der Waals surface area contributed by atoms with Gasteiger partial charge in [-0.1, -0.05) is 6.07 Å². The molecule has 0 aromatic heterocycles. The molecule has 0 bridgehead atoms. The summed E-state index contributed by atoms with van der Waals surface area (Å²) in [4.78, 5) is 28.2. The van der Waals surface area contributed by atoms with E-state index in [1.807, 2.05) is 13.1 Å². The molecule has 30 heavy (non-hydrogen) atoms. The number of hydrogen-bond acceptors (Lipinski definition) is 7. The van der Waals surface area contributed by atoms with Gasteiger partial charge in [-0.2, -0.15) is 0 Å². The van der Waals surface area contributed by atoms with Gasteiger partial charge in [-0.25, -0.2) is 4.79 Å². The lowest BCUT2D eigenvalue weighted by Crippen LogP contribution is -2.57. The maximum absolute atomic E-state index is 12.5. The van der Waals surface area contributed by atoms with Crippen LogP contribution in [0.3, 0.4) is 0 Å². The molecule has 5 rings (SSSR count). The molecule has 1 saturated carbocycles. The van der Waals surface area contributed by atoms with Crippen molar-refractivity contribution < 1.29 is 33.8 Å². The molecular formula is C20H25BN2O7. The van der Waals surface area contributed by atoms with E-state index in [2.05, 4.69) is 4.90 Å². The molecule has 10 heteroatoms. The summed E-state index contributed by atoms with van der Waals surface area (Å²) in [6.45, 7) is 3.07. The van der Waals surface area contributed by atoms with Crippen molar-refractivity contribution in [2.45, 2.75) is 36.8 Å². The second-order valence-electron chi connectivity index (χ2n) is 8.67. The molecule has 1 amide bonds. The number of aromatic carboxylic acids is 1. The number of ether oxygens (including phenoxy) is 2. The van der Waals surface area contributed by atoms with Crippen LogP contribution < -0.4 is 9.39 Å². The molecule has 160 valence electrons. The Bertz CT molecular complexity index is 875. The fraction of sp³-hybridized carbons (Fsp3) is 0.600. The standard InChI is InChI=1S/C20H25BN2O7/c1-22-4-5-28-11(8-22)6-17(24)23-9-12(10-23)29-16-3-2-13-14-7-15(14)21(27)30-19(13)18(16)20(25)26/h2-3,11-12,14-15,27H,4-10H2,1H3,(H,25,26). The van der Waals surface area contributed by atoms with Gasteiger partial charge in [-0.05, 0) is 31.0 Å². The number of likely N-dealkylation sites (tertiary alicyclic amines) is 1. The predicted molar refractivity (Wildman–Crippen MR) is 106 cm³/mol. The number of carboxylic acid groups (broad SMARTS) is 1. The van der Waals surface area contributed by atoms with Crippen molar-refractivity contribution in [3.63, 3.8) is 0 Å². The van der Waals surface area contributed by atoms with E-state index in [1.54, 1.807) is 11.0 Å². The van der Waals surface area contributed by atoms with Crippen molar-refractivity contribution in [1.29, 1.82) is 0 Å². The molecule has 0 radical (unpaired) electrons. The van der Waals surface area contributed by atoms with Crippen LogP contribution in [0.4, 0.5) is 0 Å². The summed E-state index contributed by atoms with van der Waals surface area (Å²) in [6.07, 6.45) is 0.769. The molecule has 3 fully saturated rings. The quantitative estimate of drug-likeness (QED) is 0.666. The maximum Gasteiger partial charge on any atom is 0.526 e. The topological polar surface area (TPSA) is 109 Å². The van der Waals surface area contributed by atoms with Crippen molar-refractivity contribution in [2.24, 2.45) is 0 Å². The lowest BCUT2D eigenvalue weighted by Gasteiger charge is -2.40. The van der Waals surface area contributed by atoms with Gasteiger partial charge in [0.15, 0.2) is 0 Å². The molecular weight excluding hydrogens is 391 g/mol. The van der Waals surface area contributed by atoms with E-state index in [0.717, 1.165) is 25.1 Å². The van der Waals surface area contributed by atoms with Crippen LogP contribution in [0, 0.1) is 0 Å². The fourth-order valence-corrected chi connectivity index (χ4v) is 4.61. The minimum absolute atomic E-state index is 0.0188. The van der Waals surface area contributed by atoms with E-state index in [1.165, 1.54) is 0 Å².